The summed E-state index contributed by atoms with van der Waals surface area (Å²) < 4.78 is 0. The first-order chi connectivity index (χ1) is 40.8. The van der Waals surface area contributed by atoms with Crippen LogP contribution in [0.1, 0.15) is 22.3 Å². The minimum atomic E-state index is -2.14. The third-order valence-electron chi connectivity index (χ3n) is 20.0. The highest BCUT2D eigenvalue weighted by molar-refractivity contribution is 7.06. The van der Waals surface area contributed by atoms with Gasteiger partial charge in [-0.3, -0.25) is 0 Å². The number of benzene rings is 12. The van der Waals surface area contributed by atoms with E-state index in [0.717, 1.165) is 28.4 Å². The first-order valence-electron chi connectivity index (χ1n) is 29.5. The summed E-state index contributed by atoms with van der Waals surface area (Å²) in [5.41, 5.74) is 30.2. The lowest BCUT2D eigenvalue weighted by molar-refractivity contribution is 0.794. The van der Waals surface area contributed by atoms with Crippen LogP contribution in [-0.2, 0) is 5.41 Å². The van der Waals surface area contributed by atoms with Gasteiger partial charge in [0, 0.05) is 56.5 Å². The first kappa shape index (κ1) is 47.2. The predicted octanol–water partition coefficient (Wildman–Crippen LogP) is 15.2. The molecule has 0 atom stereocenters. The third kappa shape index (κ3) is 5.99. The lowest BCUT2D eigenvalue weighted by atomic mass is 9.33. The van der Waals surface area contributed by atoms with Crippen LogP contribution in [0.25, 0.3) is 44.5 Å². The zero-order valence-electron chi connectivity index (χ0n) is 46.8. The molecule has 0 saturated heterocycles. The summed E-state index contributed by atoms with van der Waals surface area (Å²) in [5.74, 6) is 0. The van der Waals surface area contributed by atoms with Gasteiger partial charge in [-0.25, -0.2) is 0 Å². The summed E-state index contributed by atoms with van der Waals surface area (Å²) in [6.07, 6.45) is 0. The summed E-state index contributed by atoms with van der Waals surface area (Å²) >= 11 is 0. The van der Waals surface area contributed by atoms with Gasteiger partial charge >= 0.3 is 0 Å². The fourth-order valence-corrected chi connectivity index (χ4v) is 22.8. The Kier molecular flexibility index (Phi) is 9.57. The molecule has 0 unspecified atom stereocenters. The van der Waals surface area contributed by atoms with Crippen LogP contribution in [0.3, 0.4) is 0 Å². The Labute approximate surface area is 488 Å². The largest absolute Gasteiger partial charge is 0.311 e. The summed E-state index contributed by atoms with van der Waals surface area (Å²) in [5, 5.41) is 6.03. The maximum atomic E-state index is 2.68. The molecule has 4 aliphatic heterocycles. The van der Waals surface area contributed by atoms with E-state index in [1.54, 1.807) is 0 Å². The maximum absolute atomic E-state index is 2.68. The molecule has 3 nitrogen and oxygen atoms in total. The average molecular weight is 1090 g/mol. The molecular formula is C77H56BN3Si2. The number of fused-ring (bicyclic) bond motifs is 22. The Balaban J connectivity index is 0.997. The third-order valence-corrected chi connectivity index (χ3v) is 27.1. The van der Waals surface area contributed by atoms with Crippen molar-refractivity contribution in [2.45, 2.75) is 31.6 Å². The number of nitrogens with zero attached hydrogens (tertiary/aromatic N) is 3. The molecule has 18 rings (SSSR count). The summed E-state index contributed by atoms with van der Waals surface area (Å²) in [6, 6.07) is 103. The fraction of sp³-hybridized carbons (Fsp3) is 0.0649. The van der Waals surface area contributed by atoms with E-state index in [9.17, 15) is 0 Å². The van der Waals surface area contributed by atoms with E-state index in [2.05, 4.69) is 308 Å². The van der Waals surface area contributed by atoms with Crippen molar-refractivity contribution in [3.05, 3.63) is 289 Å². The molecule has 0 radical (unpaired) electrons. The zero-order chi connectivity index (χ0) is 55.1. The molecule has 6 aliphatic rings. The van der Waals surface area contributed by atoms with Crippen molar-refractivity contribution < 1.29 is 0 Å². The Morgan fingerprint density at radius 3 is 1.25 bits per heavy atom. The van der Waals surface area contributed by atoms with Crippen LogP contribution in [0.5, 0.6) is 0 Å². The van der Waals surface area contributed by atoms with Gasteiger partial charge < -0.3 is 14.7 Å². The van der Waals surface area contributed by atoms with Crippen molar-refractivity contribution in [2.24, 2.45) is 0 Å². The highest BCUT2D eigenvalue weighted by Crippen LogP contribution is 2.65. The molecule has 0 N–H and O–H groups in total. The summed E-state index contributed by atoms with van der Waals surface area (Å²) in [7, 11) is -4.28. The Morgan fingerprint density at radius 2 is 0.747 bits per heavy atom. The van der Waals surface area contributed by atoms with E-state index < -0.39 is 21.6 Å². The second-order valence-electron chi connectivity index (χ2n) is 24.6. The van der Waals surface area contributed by atoms with Gasteiger partial charge in [0.25, 0.3) is 6.71 Å². The van der Waals surface area contributed by atoms with Crippen molar-refractivity contribution in [3.63, 3.8) is 0 Å². The molecule has 83 heavy (non-hydrogen) atoms. The second-order valence-corrected chi connectivity index (χ2v) is 33.3. The van der Waals surface area contributed by atoms with E-state index in [0.29, 0.717) is 0 Å². The maximum Gasteiger partial charge on any atom is 0.252 e. The second kappa shape index (κ2) is 16.8. The van der Waals surface area contributed by atoms with Crippen molar-refractivity contribution in [1.29, 1.82) is 0 Å². The fourth-order valence-electron chi connectivity index (χ4n) is 16.7. The van der Waals surface area contributed by atoms with Crippen LogP contribution in [0, 0.1) is 0 Å². The number of rotatable bonds is 5. The highest BCUT2D eigenvalue weighted by Gasteiger charge is 2.54. The zero-order valence-corrected chi connectivity index (χ0v) is 48.8. The molecule has 4 heterocycles. The van der Waals surface area contributed by atoms with Crippen LogP contribution in [0.4, 0.5) is 51.2 Å². The average Bonchev–Trinajstić information content (AvgIpc) is 1.73. The van der Waals surface area contributed by atoms with E-state index in [4.69, 9.17) is 0 Å². The van der Waals surface area contributed by atoms with Crippen LogP contribution < -0.4 is 51.8 Å². The number of para-hydroxylation sites is 3. The predicted molar refractivity (Wildman–Crippen MR) is 356 cm³/mol. The molecule has 0 fully saturated rings. The smallest absolute Gasteiger partial charge is 0.252 e. The molecule has 0 bridgehead atoms. The summed E-state index contributed by atoms with van der Waals surface area (Å²) in [4.78, 5) is 7.97. The van der Waals surface area contributed by atoms with E-state index in [1.165, 1.54) is 127 Å². The topological polar surface area (TPSA) is 9.72 Å². The van der Waals surface area contributed by atoms with Crippen LogP contribution in [0.15, 0.2) is 267 Å². The van der Waals surface area contributed by atoms with Crippen molar-refractivity contribution in [1.82, 2.24) is 0 Å². The number of hydrogen-bond donors (Lipinski definition) is 0. The Bertz CT molecular complexity index is 4560. The molecule has 12 aromatic rings. The van der Waals surface area contributed by atoms with Crippen molar-refractivity contribution in [2.75, 3.05) is 14.7 Å². The van der Waals surface area contributed by atoms with Gasteiger partial charge in [-0.2, -0.15) is 0 Å². The SMILES string of the molecule is C[Si]1(C)c2ccccc2-c2c1ccc1c2N(c2ccccc2)c2cc(N(c3ccccc3)c3cccc4c3-c3ccccc3C43c4ccccc4-c4ccccc43)cc3c2B1c1ccc2c(c1N3c1ccccc1)-c1ccccc1[Si]2(C)C. The van der Waals surface area contributed by atoms with Crippen LogP contribution in [-0.4, -0.2) is 22.9 Å². The molecule has 0 aromatic heterocycles. The van der Waals surface area contributed by atoms with Crippen molar-refractivity contribution in [3.8, 4) is 44.5 Å². The Morgan fingerprint density at radius 1 is 0.337 bits per heavy atom. The van der Waals surface area contributed by atoms with Gasteiger partial charge in [0.2, 0.25) is 0 Å². The molecule has 12 aromatic carbocycles. The Hall–Kier alpha value is -9.46. The van der Waals surface area contributed by atoms with Gasteiger partial charge in [0.15, 0.2) is 0 Å². The molecular weight excluding hydrogens is 1030 g/mol. The first-order valence-corrected chi connectivity index (χ1v) is 35.5. The standard InChI is InChI=1S/C77H56BN3Si2/c1-82(2)67-41-22-17-34-56(67)72-69(82)45-43-62-75(72)80(50-27-10-6-11-28-50)65-47-52(48-66-74(65)78(62)63-44-46-70-73(57-35-18-23-42-68(57)83(70,3)4)76(63)81(66)51-29-12-7-13-30-51)79(49-25-8-5-9-26-49)64-40-24-39-61-71(64)55-33-16-21-38-60(55)77(61)58-36-19-14-31-53(58)54-32-15-20-37-59(54)77/h5-48H,1-4H3. The van der Waals surface area contributed by atoms with E-state index >= 15 is 0 Å². The highest BCUT2D eigenvalue weighted by atomic mass is 28.3. The number of hydrogen-bond acceptors (Lipinski definition) is 3. The van der Waals surface area contributed by atoms with Crippen molar-refractivity contribution >= 4 is 111 Å². The van der Waals surface area contributed by atoms with E-state index in [1.807, 2.05) is 0 Å². The molecule has 2 aliphatic carbocycles. The van der Waals surface area contributed by atoms with Gasteiger partial charge in [0.1, 0.15) is 16.1 Å². The molecule has 6 heteroatoms. The molecule has 390 valence electrons. The molecule has 0 saturated carbocycles. The van der Waals surface area contributed by atoms with Gasteiger partial charge in [-0.05, 0) is 142 Å². The van der Waals surface area contributed by atoms with Gasteiger partial charge in [0.05, 0.1) is 16.8 Å². The van der Waals surface area contributed by atoms with Gasteiger partial charge in [-0.15, -0.1) is 0 Å². The minimum absolute atomic E-state index is 0.0787. The minimum Gasteiger partial charge on any atom is -0.311 e. The molecule has 0 amide bonds. The molecule has 1 spiro atoms. The number of anilines is 9. The van der Waals surface area contributed by atoms with E-state index in [-0.39, 0.29) is 6.71 Å². The lowest BCUT2D eigenvalue weighted by Gasteiger charge is -2.46. The monoisotopic (exact) mass is 1090 g/mol. The lowest BCUT2D eigenvalue weighted by Crippen LogP contribution is -2.62. The summed E-state index contributed by atoms with van der Waals surface area (Å²) in [6.45, 7) is 10.2. The van der Waals surface area contributed by atoms with Crippen LogP contribution in [0.2, 0.25) is 26.2 Å². The van der Waals surface area contributed by atoms with Gasteiger partial charge in [-0.1, -0.05) is 239 Å². The normalized spacial score (nSPS) is 15.4. The quantitative estimate of drug-likeness (QED) is 0.159. The van der Waals surface area contributed by atoms with Crippen LogP contribution >= 0.6 is 0 Å².